The van der Waals surface area contributed by atoms with Gasteiger partial charge in [-0.15, -0.1) is 0 Å². The average molecular weight is 363 g/mol. The van der Waals surface area contributed by atoms with Crippen LogP contribution in [0.5, 0.6) is 0 Å². The molecule has 1 atom stereocenters. The van der Waals surface area contributed by atoms with Crippen LogP contribution in [-0.4, -0.2) is 38.8 Å². The summed E-state index contributed by atoms with van der Waals surface area (Å²) in [6.07, 6.45) is 5.21. The van der Waals surface area contributed by atoms with E-state index in [0.29, 0.717) is 31.2 Å². The zero-order valence-corrected chi connectivity index (χ0v) is 14.5. The van der Waals surface area contributed by atoms with Crippen LogP contribution in [0.3, 0.4) is 0 Å². The van der Waals surface area contributed by atoms with Gasteiger partial charge in [0.1, 0.15) is 17.6 Å². The minimum atomic E-state index is -0.463. The van der Waals surface area contributed by atoms with Crippen molar-refractivity contribution in [2.45, 2.75) is 12.6 Å². The monoisotopic (exact) mass is 363 g/mol. The van der Waals surface area contributed by atoms with Crippen molar-refractivity contribution in [1.82, 2.24) is 25.2 Å². The lowest BCUT2D eigenvalue weighted by Crippen LogP contribution is -2.49. The molecule has 3 aromatic rings. The summed E-state index contributed by atoms with van der Waals surface area (Å²) in [4.78, 5) is 27.5. The number of halogens is 1. The highest BCUT2D eigenvalue weighted by molar-refractivity contribution is 5.83. The van der Waals surface area contributed by atoms with E-state index in [9.17, 15) is 9.18 Å². The molecular weight excluding hydrogens is 345 g/mol. The van der Waals surface area contributed by atoms with E-state index < -0.39 is 6.04 Å². The zero-order chi connectivity index (χ0) is 18.6. The van der Waals surface area contributed by atoms with Gasteiger partial charge < -0.3 is 5.32 Å². The van der Waals surface area contributed by atoms with Crippen LogP contribution in [-0.2, 0) is 11.3 Å². The summed E-state index contributed by atoms with van der Waals surface area (Å²) >= 11 is 0. The van der Waals surface area contributed by atoms with Gasteiger partial charge in [-0.05, 0) is 29.8 Å². The fraction of sp³-hybridized carbons (Fsp3) is 0.200. The van der Waals surface area contributed by atoms with E-state index in [4.69, 9.17) is 0 Å². The van der Waals surface area contributed by atoms with Crippen LogP contribution in [0, 0.1) is 5.82 Å². The fourth-order valence-corrected chi connectivity index (χ4v) is 3.19. The van der Waals surface area contributed by atoms with Crippen LogP contribution < -0.4 is 5.32 Å². The third-order valence-corrected chi connectivity index (χ3v) is 4.48. The molecule has 0 aliphatic carbocycles. The summed E-state index contributed by atoms with van der Waals surface area (Å²) in [6.45, 7) is 1.79. The maximum absolute atomic E-state index is 13.2. The molecule has 0 saturated carbocycles. The number of nitrogens with one attached hydrogen (secondary N) is 1. The van der Waals surface area contributed by atoms with Crippen LogP contribution in [0.15, 0.2) is 61.1 Å². The third-order valence-electron chi connectivity index (χ3n) is 4.48. The molecule has 7 heteroatoms. The van der Waals surface area contributed by atoms with Gasteiger partial charge in [0, 0.05) is 43.8 Å². The second-order valence-electron chi connectivity index (χ2n) is 6.35. The second kappa shape index (κ2) is 7.59. The Kier molecular flexibility index (Phi) is 4.84. The molecule has 1 aliphatic rings. The highest BCUT2D eigenvalue weighted by atomic mass is 19.1. The van der Waals surface area contributed by atoms with Crippen molar-refractivity contribution in [3.63, 3.8) is 0 Å². The van der Waals surface area contributed by atoms with E-state index in [1.165, 1.54) is 12.1 Å². The van der Waals surface area contributed by atoms with Crippen molar-refractivity contribution in [3.8, 4) is 11.5 Å². The van der Waals surface area contributed by atoms with E-state index in [1.54, 1.807) is 30.7 Å². The van der Waals surface area contributed by atoms with E-state index in [-0.39, 0.29) is 11.7 Å². The number of pyridine rings is 1. The van der Waals surface area contributed by atoms with Gasteiger partial charge in [0.2, 0.25) is 5.91 Å². The summed E-state index contributed by atoms with van der Waals surface area (Å²) in [6, 6.07) is 11.2. The molecule has 1 aliphatic heterocycles. The molecule has 0 spiro atoms. The second-order valence-corrected chi connectivity index (χ2v) is 6.35. The number of piperazine rings is 1. The summed E-state index contributed by atoms with van der Waals surface area (Å²) in [5.41, 5.74) is 2.38. The summed E-state index contributed by atoms with van der Waals surface area (Å²) < 4.78 is 13.2. The van der Waals surface area contributed by atoms with Gasteiger partial charge in [-0.2, -0.15) is 0 Å². The lowest BCUT2D eigenvalue weighted by Gasteiger charge is -2.35. The largest absolute Gasteiger partial charge is 0.353 e. The molecule has 1 fully saturated rings. The molecule has 3 heterocycles. The first-order valence-corrected chi connectivity index (χ1v) is 8.70. The minimum Gasteiger partial charge on any atom is -0.353 e. The number of nitrogens with zero attached hydrogens (tertiary/aromatic N) is 4. The molecule has 136 valence electrons. The Labute approximate surface area is 156 Å². The first-order valence-electron chi connectivity index (χ1n) is 8.70. The quantitative estimate of drug-likeness (QED) is 0.770. The number of carbonyl (C=O) groups excluding carboxylic acids is 1. The number of hydrogen-bond donors (Lipinski definition) is 1. The van der Waals surface area contributed by atoms with Crippen LogP contribution in [0.25, 0.3) is 11.5 Å². The Morgan fingerprint density at radius 3 is 2.56 bits per heavy atom. The van der Waals surface area contributed by atoms with Crippen molar-refractivity contribution >= 4 is 5.91 Å². The zero-order valence-electron chi connectivity index (χ0n) is 14.5. The molecule has 1 saturated heterocycles. The van der Waals surface area contributed by atoms with E-state index in [1.807, 2.05) is 23.1 Å². The van der Waals surface area contributed by atoms with Gasteiger partial charge in [0.25, 0.3) is 0 Å². The highest BCUT2D eigenvalue weighted by Crippen LogP contribution is 2.25. The van der Waals surface area contributed by atoms with Gasteiger partial charge in [0.15, 0.2) is 5.82 Å². The standard InChI is InChI=1S/C20H18FN5O/c21-16-6-4-15(5-7-16)18-20(27)23-9-10-26(18)13-14-11-24-19(25-12-14)17-3-1-2-8-22-17/h1-8,11-12,18H,9-10,13H2,(H,23,27)/t18-/m1/s1. The molecule has 27 heavy (non-hydrogen) atoms. The number of hydrogen-bond acceptors (Lipinski definition) is 5. The van der Waals surface area contributed by atoms with Gasteiger partial charge in [-0.3, -0.25) is 14.7 Å². The maximum Gasteiger partial charge on any atom is 0.242 e. The van der Waals surface area contributed by atoms with Crippen LogP contribution in [0.4, 0.5) is 4.39 Å². The Bertz CT molecular complexity index is 915. The molecule has 0 unspecified atom stereocenters. The van der Waals surface area contributed by atoms with Crippen LogP contribution in [0.1, 0.15) is 17.2 Å². The molecule has 4 rings (SSSR count). The Balaban J connectivity index is 1.54. The number of rotatable bonds is 4. The van der Waals surface area contributed by atoms with Gasteiger partial charge in [-0.1, -0.05) is 18.2 Å². The lowest BCUT2D eigenvalue weighted by atomic mass is 10.0. The molecule has 0 radical (unpaired) electrons. The number of aromatic nitrogens is 3. The smallest absolute Gasteiger partial charge is 0.242 e. The van der Waals surface area contributed by atoms with Crippen LogP contribution >= 0.6 is 0 Å². The average Bonchev–Trinajstić information content (AvgIpc) is 2.70. The lowest BCUT2D eigenvalue weighted by molar-refractivity contribution is -0.129. The molecule has 1 aromatic carbocycles. The van der Waals surface area contributed by atoms with Crippen molar-refractivity contribution in [3.05, 3.63) is 78.0 Å². The first kappa shape index (κ1) is 17.2. The number of amides is 1. The van der Waals surface area contributed by atoms with E-state index in [2.05, 4.69) is 20.3 Å². The van der Waals surface area contributed by atoms with Crippen molar-refractivity contribution in [1.29, 1.82) is 0 Å². The molecular formula is C20H18FN5O. The number of carbonyl (C=O) groups is 1. The van der Waals surface area contributed by atoms with Crippen LogP contribution in [0.2, 0.25) is 0 Å². The molecule has 1 amide bonds. The van der Waals surface area contributed by atoms with Gasteiger partial charge in [0.05, 0.1) is 0 Å². The third kappa shape index (κ3) is 3.83. The fourth-order valence-electron chi connectivity index (χ4n) is 3.19. The Hall–Kier alpha value is -3.19. The van der Waals surface area contributed by atoms with Crippen molar-refractivity contribution in [2.24, 2.45) is 0 Å². The van der Waals surface area contributed by atoms with Gasteiger partial charge in [-0.25, -0.2) is 14.4 Å². The highest BCUT2D eigenvalue weighted by Gasteiger charge is 2.31. The summed E-state index contributed by atoms with van der Waals surface area (Å²) in [5.74, 6) is 0.157. The minimum absolute atomic E-state index is 0.0844. The SMILES string of the molecule is O=C1NCCN(Cc2cnc(-c3ccccn3)nc2)[C@@H]1c1ccc(F)cc1. The van der Waals surface area contributed by atoms with E-state index >= 15 is 0 Å². The predicted molar refractivity (Wildman–Crippen MR) is 97.8 cm³/mol. The van der Waals surface area contributed by atoms with E-state index in [0.717, 1.165) is 11.1 Å². The maximum atomic E-state index is 13.2. The molecule has 2 aromatic heterocycles. The molecule has 6 nitrogen and oxygen atoms in total. The van der Waals surface area contributed by atoms with Crippen molar-refractivity contribution < 1.29 is 9.18 Å². The Morgan fingerprint density at radius 2 is 1.85 bits per heavy atom. The summed E-state index contributed by atoms with van der Waals surface area (Å²) in [5, 5.41) is 2.88. The predicted octanol–water partition coefficient (Wildman–Crippen LogP) is 2.35. The molecule has 0 bridgehead atoms. The van der Waals surface area contributed by atoms with Crippen molar-refractivity contribution in [2.75, 3.05) is 13.1 Å². The first-order chi connectivity index (χ1) is 13.2. The normalized spacial score (nSPS) is 17.5. The summed E-state index contributed by atoms with van der Waals surface area (Å²) in [7, 11) is 0. The molecule has 1 N–H and O–H groups in total. The Morgan fingerprint density at radius 1 is 1.07 bits per heavy atom. The topological polar surface area (TPSA) is 71.0 Å². The number of benzene rings is 1. The van der Waals surface area contributed by atoms with Gasteiger partial charge >= 0.3 is 0 Å².